The fraction of sp³-hybridized carbons (Fsp3) is 1.00. The van der Waals surface area contributed by atoms with Crippen LogP contribution in [0.15, 0.2) is 0 Å². The molecule has 2 N–H and O–H groups in total. The van der Waals surface area contributed by atoms with Crippen LogP contribution in [0.2, 0.25) is 0 Å². The first kappa shape index (κ1) is 11.4. The molecule has 0 radical (unpaired) electrons. The minimum Gasteiger partial charge on any atom is -0.395 e. The van der Waals surface area contributed by atoms with E-state index in [2.05, 4.69) is 17.3 Å². The van der Waals surface area contributed by atoms with Crippen LogP contribution in [0.3, 0.4) is 0 Å². The Bertz CT molecular complexity index is 194. The summed E-state index contributed by atoms with van der Waals surface area (Å²) in [4.78, 5) is 2.50. The van der Waals surface area contributed by atoms with Crippen molar-refractivity contribution in [1.82, 2.24) is 10.2 Å². The smallest absolute Gasteiger partial charge is 0.0558 e. The normalized spacial score (nSPS) is 31.4. The molecule has 2 rings (SSSR count). The molecule has 2 unspecified atom stereocenters. The van der Waals surface area contributed by atoms with Crippen molar-refractivity contribution in [3.63, 3.8) is 0 Å². The molecule has 0 aromatic rings. The molecule has 0 bridgehead atoms. The molecule has 88 valence electrons. The summed E-state index contributed by atoms with van der Waals surface area (Å²) in [5.41, 5.74) is 0. The maximum absolute atomic E-state index is 9.05. The highest BCUT2D eigenvalue weighted by molar-refractivity contribution is 4.90. The summed E-state index contributed by atoms with van der Waals surface area (Å²) in [5, 5.41) is 12.5. The number of nitrogens with one attached hydrogen (secondary N) is 1. The van der Waals surface area contributed by atoms with Crippen molar-refractivity contribution in [2.75, 3.05) is 26.7 Å². The van der Waals surface area contributed by atoms with Crippen molar-refractivity contribution in [2.24, 2.45) is 5.92 Å². The Morgan fingerprint density at radius 2 is 2.07 bits per heavy atom. The maximum Gasteiger partial charge on any atom is 0.0558 e. The standard InChI is InChI=1S/C12H24N2O/c1-13-12-4-2-3-10(12)9-14(7-8-15)11-5-6-11/h10-13,15H,2-9H2,1H3. The minimum atomic E-state index is 0.313. The predicted octanol–water partition coefficient (Wildman–Crippen LogP) is 0.831. The van der Waals surface area contributed by atoms with E-state index in [-0.39, 0.29) is 0 Å². The monoisotopic (exact) mass is 212 g/mol. The van der Waals surface area contributed by atoms with Crippen LogP contribution in [0, 0.1) is 5.92 Å². The van der Waals surface area contributed by atoms with Crippen molar-refractivity contribution in [3.05, 3.63) is 0 Å². The van der Waals surface area contributed by atoms with Gasteiger partial charge in [0.05, 0.1) is 6.61 Å². The number of aliphatic hydroxyl groups is 1. The molecule has 15 heavy (non-hydrogen) atoms. The Morgan fingerprint density at radius 3 is 2.67 bits per heavy atom. The van der Waals surface area contributed by atoms with E-state index in [0.29, 0.717) is 12.6 Å². The number of hydrogen-bond acceptors (Lipinski definition) is 3. The lowest BCUT2D eigenvalue weighted by atomic mass is 10.0. The van der Waals surface area contributed by atoms with Gasteiger partial charge in [0.15, 0.2) is 0 Å². The largest absolute Gasteiger partial charge is 0.395 e. The lowest BCUT2D eigenvalue weighted by Crippen LogP contribution is -2.40. The summed E-state index contributed by atoms with van der Waals surface area (Å²) in [5.74, 6) is 0.808. The van der Waals surface area contributed by atoms with Crippen LogP contribution in [0.5, 0.6) is 0 Å². The summed E-state index contributed by atoms with van der Waals surface area (Å²) in [7, 11) is 2.08. The Labute approximate surface area is 92.8 Å². The van der Waals surface area contributed by atoms with Crippen molar-refractivity contribution >= 4 is 0 Å². The molecule has 0 aromatic carbocycles. The molecular formula is C12H24N2O. The molecule has 0 aromatic heterocycles. The van der Waals surface area contributed by atoms with Gasteiger partial charge in [0.2, 0.25) is 0 Å². The number of aliphatic hydroxyl groups excluding tert-OH is 1. The van der Waals surface area contributed by atoms with E-state index in [1.165, 1.54) is 38.6 Å². The Hall–Kier alpha value is -0.120. The number of hydrogen-bond donors (Lipinski definition) is 2. The minimum absolute atomic E-state index is 0.313. The van der Waals surface area contributed by atoms with Gasteiger partial charge in [-0.3, -0.25) is 4.90 Å². The van der Waals surface area contributed by atoms with Gasteiger partial charge < -0.3 is 10.4 Å². The average molecular weight is 212 g/mol. The molecular weight excluding hydrogens is 188 g/mol. The zero-order valence-corrected chi connectivity index (χ0v) is 9.78. The summed E-state index contributed by atoms with van der Waals surface area (Å²) < 4.78 is 0. The van der Waals surface area contributed by atoms with Gasteiger partial charge in [-0.2, -0.15) is 0 Å². The molecule has 0 heterocycles. The van der Waals surface area contributed by atoms with Gasteiger partial charge >= 0.3 is 0 Å². The first-order valence-electron chi connectivity index (χ1n) is 6.37. The van der Waals surface area contributed by atoms with Crippen molar-refractivity contribution in [3.8, 4) is 0 Å². The van der Waals surface area contributed by atoms with E-state index in [9.17, 15) is 0 Å². The second-order valence-corrected chi connectivity index (χ2v) is 5.04. The molecule has 2 fully saturated rings. The third kappa shape index (κ3) is 2.92. The van der Waals surface area contributed by atoms with Crippen molar-refractivity contribution < 1.29 is 5.11 Å². The highest BCUT2D eigenvalue weighted by Gasteiger charge is 2.33. The maximum atomic E-state index is 9.05. The van der Waals surface area contributed by atoms with Crippen LogP contribution >= 0.6 is 0 Å². The van der Waals surface area contributed by atoms with Crippen LogP contribution in [0.25, 0.3) is 0 Å². The molecule has 3 nitrogen and oxygen atoms in total. The van der Waals surface area contributed by atoms with Gasteiger partial charge in [-0.05, 0) is 38.6 Å². The second-order valence-electron chi connectivity index (χ2n) is 5.04. The summed E-state index contributed by atoms with van der Waals surface area (Å²) in [6.07, 6.45) is 6.75. The van der Waals surface area contributed by atoms with E-state index < -0.39 is 0 Å². The van der Waals surface area contributed by atoms with Gasteiger partial charge in [-0.15, -0.1) is 0 Å². The lowest BCUT2D eigenvalue weighted by Gasteiger charge is -2.28. The third-order valence-electron chi connectivity index (χ3n) is 3.95. The quantitative estimate of drug-likeness (QED) is 0.684. The molecule has 2 saturated carbocycles. The Kier molecular flexibility index (Phi) is 4.00. The van der Waals surface area contributed by atoms with E-state index in [1.807, 2.05) is 0 Å². The van der Waals surface area contributed by atoms with E-state index in [0.717, 1.165) is 18.5 Å². The number of rotatable bonds is 6. The van der Waals surface area contributed by atoms with Crippen LogP contribution < -0.4 is 5.32 Å². The van der Waals surface area contributed by atoms with E-state index in [1.54, 1.807) is 0 Å². The van der Waals surface area contributed by atoms with Gasteiger partial charge in [-0.1, -0.05) is 6.42 Å². The molecule has 0 saturated heterocycles. The first-order valence-corrected chi connectivity index (χ1v) is 6.37. The van der Waals surface area contributed by atoms with Crippen LogP contribution in [-0.2, 0) is 0 Å². The first-order chi connectivity index (χ1) is 7.35. The van der Waals surface area contributed by atoms with Gasteiger partial charge in [-0.25, -0.2) is 0 Å². The Balaban J connectivity index is 1.81. The van der Waals surface area contributed by atoms with Gasteiger partial charge in [0.25, 0.3) is 0 Å². The summed E-state index contributed by atoms with van der Waals surface area (Å²) in [6.45, 7) is 2.38. The molecule has 0 aliphatic heterocycles. The molecule has 2 atom stereocenters. The van der Waals surface area contributed by atoms with E-state index in [4.69, 9.17) is 5.11 Å². The Morgan fingerprint density at radius 1 is 1.27 bits per heavy atom. The second kappa shape index (κ2) is 5.28. The van der Waals surface area contributed by atoms with Gasteiger partial charge in [0, 0.05) is 25.2 Å². The third-order valence-corrected chi connectivity index (χ3v) is 3.95. The van der Waals surface area contributed by atoms with E-state index >= 15 is 0 Å². The van der Waals surface area contributed by atoms with Crippen LogP contribution in [0.1, 0.15) is 32.1 Å². The SMILES string of the molecule is CNC1CCCC1CN(CCO)C1CC1. The molecule has 2 aliphatic rings. The summed E-state index contributed by atoms with van der Waals surface area (Å²) in [6, 6.07) is 1.50. The lowest BCUT2D eigenvalue weighted by molar-refractivity contribution is 0.161. The van der Waals surface area contributed by atoms with Gasteiger partial charge in [0.1, 0.15) is 0 Å². The predicted molar refractivity (Wildman–Crippen MR) is 61.9 cm³/mol. The highest BCUT2D eigenvalue weighted by atomic mass is 16.3. The average Bonchev–Trinajstić information content (AvgIpc) is 2.99. The fourth-order valence-electron chi connectivity index (χ4n) is 2.93. The molecule has 2 aliphatic carbocycles. The zero-order chi connectivity index (χ0) is 10.7. The summed E-state index contributed by atoms with van der Waals surface area (Å²) >= 11 is 0. The van der Waals surface area contributed by atoms with Crippen molar-refractivity contribution in [2.45, 2.75) is 44.2 Å². The van der Waals surface area contributed by atoms with Crippen molar-refractivity contribution in [1.29, 1.82) is 0 Å². The molecule has 3 heteroatoms. The zero-order valence-electron chi connectivity index (χ0n) is 9.78. The molecule has 0 spiro atoms. The van der Waals surface area contributed by atoms with Crippen LogP contribution in [-0.4, -0.2) is 48.8 Å². The highest BCUT2D eigenvalue weighted by Crippen LogP contribution is 2.31. The molecule has 0 amide bonds. The fourth-order valence-corrected chi connectivity index (χ4v) is 2.93. The topological polar surface area (TPSA) is 35.5 Å². The van der Waals surface area contributed by atoms with Crippen LogP contribution in [0.4, 0.5) is 0 Å². The number of nitrogens with zero attached hydrogens (tertiary/aromatic N) is 1.